The van der Waals surface area contributed by atoms with Crippen LogP contribution in [0.1, 0.15) is 35.7 Å². The van der Waals surface area contributed by atoms with E-state index in [1.54, 1.807) is 0 Å². The largest absolute Gasteiger partial charge is 0.329 e. The Hall–Kier alpha value is -2.14. The van der Waals surface area contributed by atoms with Gasteiger partial charge in [0.25, 0.3) is 0 Å². The summed E-state index contributed by atoms with van der Waals surface area (Å²) in [5.41, 5.74) is 6.25. The molecule has 0 spiro atoms. The summed E-state index contributed by atoms with van der Waals surface area (Å²) >= 11 is 0. The zero-order chi connectivity index (χ0) is 15.0. The van der Waals surface area contributed by atoms with Crippen molar-refractivity contribution >= 4 is 17.3 Å². The Morgan fingerprint density at radius 2 is 1.76 bits per heavy atom. The summed E-state index contributed by atoms with van der Waals surface area (Å²) in [7, 11) is 2.02. The lowest BCUT2D eigenvalue weighted by Crippen LogP contribution is -2.16. The molecule has 1 fully saturated rings. The van der Waals surface area contributed by atoms with E-state index < -0.39 is 0 Å². The first-order valence-electron chi connectivity index (χ1n) is 7.24. The second kappa shape index (κ2) is 5.33. The van der Waals surface area contributed by atoms with Gasteiger partial charge in [-0.15, -0.1) is 0 Å². The van der Waals surface area contributed by atoms with E-state index >= 15 is 0 Å². The van der Waals surface area contributed by atoms with Crippen molar-refractivity contribution < 1.29 is 0 Å². The molecule has 1 aromatic heterocycles. The maximum Gasteiger partial charge on any atom is 0.145 e. The van der Waals surface area contributed by atoms with Gasteiger partial charge in [-0.3, -0.25) is 0 Å². The van der Waals surface area contributed by atoms with Gasteiger partial charge < -0.3 is 10.3 Å². The maximum absolute atomic E-state index is 5.54. The van der Waals surface area contributed by atoms with E-state index in [0.717, 1.165) is 17.3 Å². The Labute approximate surface area is 125 Å². The summed E-state index contributed by atoms with van der Waals surface area (Å²) in [5, 5.41) is 0. The third-order valence-corrected chi connectivity index (χ3v) is 3.76. The van der Waals surface area contributed by atoms with Crippen molar-refractivity contribution in [2.24, 2.45) is 5.84 Å². The molecule has 21 heavy (non-hydrogen) atoms. The van der Waals surface area contributed by atoms with Crippen molar-refractivity contribution in [3.63, 3.8) is 0 Å². The predicted octanol–water partition coefficient (Wildman–Crippen LogP) is 3.02. The molecule has 0 aliphatic heterocycles. The van der Waals surface area contributed by atoms with Crippen molar-refractivity contribution in [3.8, 4) is 0 Å². The van der Waals surface area contributed by atoms with Crippen LogP contribution >= 0.6 is 0 Å². The van der Waals surface area contributed by atoms with E-state index in [4.69, 9.17) is 10.8 Å². The topological polar surface area (TPSA) is 67.1 Å². The number of rotatable bonds is 4. The minimum Gasteiger partial charge on any atom is -0.329 e. The molecule has 0 bridgehead atoms. The number of hydrazine groups is 1. The Bertz CT molecular complexity index is 643. The van der Waals surface area contributed by atoms with E-state index in [-0.39, 0.29) is 0 Å². The first-order valence-corrected chi connectivity index (χ1v) is 7.24. The second-order valence-corrected chi connectivity index (χ2v) is 5.79. The molecule has 3 N–H and O–H groups in total. The Balaban J connectivity index is 1.99. The summed E-state index contributed by atoms with van der Waals surface area (Å²) in [4.78, 5) is 11.2. The minimum absolute atomic E-state index is 0.490. The second-order valence-electron chi connectivity index (χ2n) is 5.79. The fourth-order valence-corrected chi connectivity index (χ4v) is 2.50. The molecule has 110 valence electrons. The van der Waals surface area contributed by atoms with Gasteiger partial charge in [0.1, 0.15) is 17.5 Å². The van der Waals surface area contributed by atoms with Crippen LogP contribution in [0.25, 0.3) is 0 Å². The van der Waals surface area contributed by atoms with E-state index in [2.05, 4.69) is 47.4 Å². The highest BCUT2D eigenvalue weighted by Gasteiger charge is 2.27. The first-order chi connectivity index (χ1) is 10.1. The Morgan fingerprint density at radius 3 is 2.33 bits per heavy atom. The molecule has 1 heterocycles. The fourth-order valence-electron chi connectivity index (χ4n) is 2.50. The molecule has 0 radical (unpaired) electrons. The highest BCUT2D eigenvalue weighted by molar-refractivity contribution is 5.63. The van der Waals surface area contributed by atoms with Gasteiger partial charge >= 0.3 is 0 Å². The molecule has 0 amide bonds. The SMILES string of the molecule is Cc1cc(C)cc(N(C)c2cc(NN)nc(C3CC3)n2)c1. The molecule has 0 saturated heterocycles. The van der Waals surface area contributed by atoms with Crippen LogP contribution < -0.4 is 16.2 Å². The first kappa shape index (κ1) is 13.8. The van der Waals surface area contributed by atoms with Crippen LogP contribution in [0.4, 0.5) is 17.3 Å². The van der Waals surface area contributed by atoms with Gasteiger partial charge in [0.15, 0.2) is 0 Å². The summed E-state index contributed by atoms with van der Waals surface area (Å²) in [6.07, 6.45) is 2.33. The molecule has 3 rings (SSSR count). The average Bonchev–Trinajstić information content (AvgIpc) is 3.29. The quantitative estimate of drug-likeness (QED) is 0.667. The smallest absolute Gasteiger partial charge is 0.145 e. The van der Waals surface area contributed by atoms with Gasteiger partial charge in [-0.1, -0.05) is 6.07 Å². The number of nitrogens with zero attached hydrogens (tertiary/aromatic N) is 3. The molecule has 5 nitrogen and oxygen atoms in total. The van der Waals surface area contributed by atoms with Gasteiger partial charge in [-0.25, -0.2) is 15.8 Å². The number of benzene rings is 1. The summed E-state index contributed by atoms with van der Waals surface area (Å²) in [6, 6.07) is 8.35. The normalized spacial score (nSPS) is 14.1. The van der Waals surface area contributed by atoms with Crippen LogP contribution in [0.15, 0.2) is 24.3 Å². The summed E-state index contributed by atoms with van der Waals surface area (Å²) in [5.74, 6) is 8.44. The van der Waals surface area contributed by atoms with Gasteiger partial charge in [-0.2, -0.15) is 0 Å². The zero-order valence-electron chi connectivity index (χ0n) is 12.7. The number of nitrogens with one attached hydrogen (secondary N) is 1. The van der Waals surface area contributed by atoms with Gasteiger partial charge in [0.05, 0.1) is 0 Å². The van der Waals surface area contributed by atoms with Crippen LogP contribution in [0.2, 0.25) is 0 Å². The number of nitrogen functional groups attached to an aromatic ring is 1. The van der Waals surface area contributed by atoms with E-state index in [1.165, 1.54) is 24.0 Å². The van der Waals surface area contributed by atoms with Gasteiger partial charge in [0.2, 0.25) is 0 Å². The number of hydrogen-bond acceptors (Lipinski definition) is 5. The van der Waals surface area contributed by atoms with Crippen LogP contribution in [0.5, 0.6) is 0 Å². The van der Waals surface area contributed by atoms with Crippen molar-refractivity contribution in [2.45, 2.75) is 32.6 Å². The van der Waals surface area contributed by atoms with Gasteiger partial charge in [0, 0.05) is 24.7 Å². The fraction of sp³-hybridized carbons (Fsp3) is 0.375. The third kappa shape index (κ3) is 2.97. The van der Waals surface area contributed by atoms with Crippen LogP contribution in [0.3, 0.4) is 0 Å². The number of aryl methyl sites for hydroxylation is 2. The summed E-state index contributed by atoms with van der Waals surface area (Å²) in [6.45, 7) is 4.21. The van der Waals surface area contributed by atoms with Crippen molar-refractivity contribution in [1.29, 1.82) is 0 Å². The Morgan fingerprint density at radius 1 is 1.10 bits per heavy atom. The molecule has 1 aliphatic carbocycles. The minimum atomic E-state index is 0.490. The molecular formula is C16H21N5. The number of hydrogen-bond donors (Lipinski definition) is 2. The highest BCUT2D eigenvalue weighted by Crippen LogP contribution is 2.39. The molecule has 1 aromatic carbocycles. The highest BCUT2D eigenvalue weighted by atomic mass is 15.3. The predicted molar refractivity (Wildman–Crippen MR) is 85.8 cm³/mol. The number of aromatic nitrogens is 2. The Kier molecular flexibility index (Phi) is 3.51. The zero-order valence-corrected chi connectivity index (χ0v) is 12.7. The lowest BCUT2D eigenvalue weighted by molar-refractivity contribution is 0.913. The van der Waals surface area contributed by atoms with Crippen molar-refractivity contribution in [1.82, 2.24) is 9.97 Å². The van der Waals surface area contributed by atoms with Crippen molar-refractivity contribution in [3.05, 3.63) is 41.2 Å². The molecule has 1 aliphatic rings. The lowest BCUT2D eigenvalue weighted by atomic mass is 10.1. The van der Waals surface area contributed by atoms with Crippen LogP contribution in [-0.2, 0) is 0 Å². The third-order valence-electron chi connectivity index (χ3n) is 3.76. The summed E-state index contributed by atoms with van der Waals surface area (Å²) < 4.78 is 0. The molecule has 0 unspecified atom stereocenters. The molecule has 5 heteroatoms. The lowest BCUT2D eigenvalue weighted by Gasteiger charge is -2.20. The molecular weight excluding hydrogens is 262 g/mol. The molecule has 0 atom stereocenters. The van der Waals surface area contributed by atoms with E-state index in [9.17, 15) is 0 Å². The number of nitrogens with two attached hydrogens (primary N) is 1. The molecule has 1 saturated carbocycles. The van der Waals surface area contributed by atoms with Gasteiger partial charge in [-0.05, 0) is 49.9 Å². The standard InChI is InChI=1S/C16H21N5/c1-10-6-11(2)8-13(7-10)21(3)15-9-14(20-17)18-16(19-15)12-4-5-12/h6-9,12H,4-5,17H2,1-3H3,(H,18,19,20). The maximum atomic E-state index is 5.54. The monoisotopic (exact) mass is 283 g/mol. The van der Waals surface area contributed by atoms with E-state index in [1.807, 2.05) is 13.1 Å². The van der Waals surface area contributed by atoms with Crippen molar-refractivity contribution in [2.75, 3.05) is 17.4 Å². The van der Waals surface area contributed by atoms with Crippen LogP contribution in [0, 0.1) is 13.8 Å². The van der Waals surface area contributed by atoms with E-state index in [0.29, 0.717) is 11.7 Å². The average molecular weight is 283 g/mol. The number of anilines is 3. The molecule has 2 aromatic rings. The van der Waals surface area contributed by atoms with Crippen LogP contribution in [-0.4, -0.2) is 17.0 Å².